The highest BCUT2D eigenvalue weighted by atomic mass is 32.2. The monoisotopic (exact) mass is 418 g/mol. The summed E-state index contributed by atoms with van der Waals surface area (Å²) in [5.74, 6) is -0.372. The van der Waals surface area contributed by atoms with Gasteiger partial charge in [-0.2, -0.15) is 13.2 Å². The van der Waals surface area contributed by atoms with E-state index in [2.05, 4.69) is 10.6 Å². The molecular formula is C19H25F3N2O3S. The van der Waals surface area contributed by atoms with Crippen molar-refractivity contribution in [2.75, 3.05) is 12.3 Å². The number of hydrogen-bond donors (Lipinski definition) is 2. The molecule has 2 fully saturated rings. The second kappa shape index (κ2) is 7.67. The lowest BCUT2D eigenvalue weighted by Gasteiger charge is -2.40. The van der Waals surface area contributed by atoms with Crippen LogP contribution in [-0.4, -0.2) is 38.2 Å². The summed E-state index contributed by atoms with van der Waals surface area (Å²) < 4.78 is 63.2. The molecule has 28 heavy (non-hydrogen) atoms. The predicted octanol–water partition coefficient (Wildman–Crippen LogP) is 2.91. The van der Waals surface area contributed by atoms with E-state index in [4.69, 9.17) is 0 Å². The number of halogens is 3. The molecule has 0 saturated heterocycles. The van der Waals surface area contributed by atoms with E-state index in [-0.39, 0.29) is 40.6 Å². The van der Waals surface area contributed by atoms with Crippen molar-refractivity contribution in [1.82, 2.24) is 10.6 Å². The Morgan fingerprint density at radius 3 is 2.50 bits per heavy atom. The van der Waals surface area contributed by atoms with E-state index in [0.717, 1.165) is 31.4 Å². The molecule has 0 aromatic heterocycles. The molecule has 0 aliphatic heterocycles. The van der Waals surface area contributed by atoms with Crippen LogP contribution in [0.1, 0.15) is 44.6 Å². The molecule has 0 unspecified atom stereocenters. The van der Waals surface area contributed by atoms with Gasteiger partial charge in [0.1, 0.15) is 0 Å². The minimum Gasteiger partial charge on any atom is -0.350 e. The van der Waals surface area contributed by atoms with Gasteiger partial charge in [-0.15, -0.1) is 0 Å². The molecule has 2 aliphatic carbocycles. The van der Waals surface area contributed by atoms with Gasteiger partial charge in [-0.25, -0.2) is 8.42 Å². The van der Waals surface area contributed by atoms with Crippen LogP contribution in [0.2, 0.25) is 0 Å². The average molecular weight is 418 g/mol. The number of hydrogen-bond acceptors (Lipinski definition) is 4. The first-order valence-corrected chi connectivity index (χ1v) is 11.1. The Labute approximate surface area is 163 Å². The topological polar surface area (TPSA) is 75.3 Å². The minimum atomic E-state index is -4.58. The number of alkyl halides is 3. The van der Waals surface area contributed by atoms with Crippen molar-refractivity contribution in [2.45, 2.75) is 61.7 Å². The summed E-state index contributed by atoms with van der Waals surface area (Å²) >= 11 is 0. The maximum atomic E-state index is 12.8. The highest BCUT2D eigenvalue weighted by Crippen LogP contribution is 2.34. The van der Waals surface area contributed by atoms with Crippen molar-refractivity contribution in [3.8, 4) is 0 Å². The number of amides is 1. The van der Waals surface area contributed by atoms with Gasteiger partial charge >= 0.3 is 6.18 Å². The van der Waals surface area contributed by atoms with Gasteiger partial charge in [0, 0.05) is 11.6 Å². The van der Waals surface area contributed by atoms with Gasteiger partial charge in [-0.3, -0.25) is 4.79 Å². The Morgan fingerprint density at radius 2 is 1.93 bits per heavy atom. The summed E-state index contributed by atoms with van der Waals surface area (Å²) in [6.45, 7) is 2.21. The van der Waals surface area contributed by atoms with E-state index in [9.17, 15) is 26.4 Å². The molecule has 2 aliphatic rings. The first-order chi connectivity index (χ1) is 13.0. The van der Waals surface area contributed by atoms with E-state index in [1.54, 1.807) is 0 Å². The molecular weight excluding hydrogens is 393 g/mol. The fraction of sp³-hybridized carbons (Fsp3) is 0.632. The lowest BCUT2D eigenvalue weighted by Crippen LogP contribution is -2.54. The molecule has 0 atom stereocenters. The zero-order valence-electron chi connectivity index (χ0n) is 15.7. The molecule has 0 spiro atoms. The fourth-order valence-corrected chi connectivity index (χ4v) is 5.44. The Bertz CT molecular complexity index is 829. The smallest absolute Gasteiger partial charge is 0.350 e. The SMILES string of the molecule is CC1(NC(=O)CNC2CC(CS(=O)(=O)c3cccc(C(F)(F)F)c3)C2)CCC1. The van der Waals surface area contributed by atoms with Crippen molar-refractivity contribution in [3.05, 3.63) is 29.8 Å². The van der Waals surface area contributed by atoms with E-state index in [1.807, 2.05) is 6.92 Å². The summed E-state index contributed by atoms with van der Waals surface area (Å²) in [5.41, 5.74) is -1.06. The summed E-state index contributed by atoms with van der Waals surface area (Å²) in [4.78, 5) is 11.6. The largest absolute Gasteiger partial charge is 0.416 e. The summed E-state index contributed by atoms with van der Waals surface area (Å²) in [6.07, 6.45) is -0.316. The van der Waals surface area contributed by atoms with Gasteiger partial charge in [0.15, 0.2) is 9.84 Å². The van der Waals surface area contributed by atoms with E-state index >= 15 is 0 Å². The van der Waals surface area contributed by atoms with Gasteiger partial charge < -0.3 is 10.6 Å². The Balaban J connectivity index is 1.45. The second-order valence-corrected chi connectivity index (χ2v) is 10.2. The third kappa shape index (κ3) is 5.05. The van der Waals surface area contributed by atoms with E-state index in [1.165, 1.54) is 6.07 Å². The van der Waals surface area contributed by atoms with Gasteiger partial charge in [-0.1, -0.05) is 6.07 Å². The first-order valence-electron chi connectivity index (χ1n) is 9.41. The number of carbonyl (C=O) groups is 1. The molecule has 156 valence electrons. The van der Waals surface area contributed by atoms with Crippen LogP contribution >= 0.6 is 0 Å². The van der Waals surface area contributed by atoms with Crippen LogP contribution in [0.3, 0.4) is 0 Å². The van der Waals surface area contributed by atoms with Crippen molar-refractivity contribution < 1.29 is 26.4 Å². The quantitative estimate of drug-likeness (QED) is 0.714. The number of nitrogens with one attached hydrogen (secondary N) is 2. The number of benzene rings is 1. The molecule has 3 rings (SSSR count). The molecule has 0 bridgehead atoms. The molecule has 2 saturated carbocycles. The van der Waals surface area contributed by atoms with Gasteiger partial charge in [0.25, 0.3) is 0 Å². The lowest BCUT2D eigenvalue weighted by atomic mass is 9.78. The van der Waals surface area contributed by atoms with Gasteiger partial charge in [-0.05, 0) is 63.1 Å². The Hall–Kier alpha value is -1.61. The molecule has 9 heteroatoms. The summed E-state index contributed by atoms with van der Waals surface area (Å²) in [7, 11) is -3.78. The van der Waals surface area contributed by atoms with Crippen molar-refractivity contribution in [2.24, 2.45) is 5.92 Å². The van der Waals surface area contributed by atoms with Crippen LogP contribution in [0, 0.1) is 5.92 Å². The molecule has 0 heterocycles. The van der Waals surface area contributed by atoms with E-state index < -0.39 is 21.6 Å². The van der Waals surface area contributed by atoms with Gasteiger partial charge in [0.05, 0.1) is 22.8 Å². The molecule has 2 N–H and O–H groups in total. The predicted molar refractivity (Wildman–Crippen MR) is 98.4 cm³/mol. The van der Waals surface area contributed by atoms with Gasteiger partial charge in [0.2, 0.25) is 5.91 Å². The Morgan fingerprint density at radius 1 is 1.25 bits per heavy atom. The van der Waals surface area contributed by atoms with Crippen molar-refractivity contribution in [1.29, 1.82) is 0 Å². The average Bonchev–Trinajstić information content (AvgIpc) is 2.54. The third-order valence-electron chi connectivity index (χ3n) is 5.66. The highest BCUT2D eigenvalue weighted by Gasteiger charge is 2.36. The standard InChI is InChI=1S/C19H25F3N2O3S/c1-18(6-3-7-18)24-17(25)11-23-15-8-13(9-15)12-28(26,27)16-5-2-4-14(10-16)19(20,21)22/h2,4-5,10,13,15,23H,3,6-9,11-12H2,1H3,(H,24,25). The minimum absolute atomic E-state index is 0.0571. The zero-order valence-corrected chi connectivity index (χ0v) is 16.5. The van der Waals surface area contributed by atoms with Crippen LogP contribution in [0.25, 0.3) is 0 Å². The maximum absolute atomic E-state index is 12.8. The van der Waals surface area contributed by atoms with Crippen LogP contribution < -0.4 is 10.6 Å². The van der Waals surface area contributed by atoms with Crippen molar-refractivity contribution >= 4 is 15.7 Å². The fourth-order valence-electron chi connectivity index (χ4n) is 3.76. The lowest BCUT2D eigenvalue weighted by molar-refractivity contribution is -0.137. The first kappa shape index (κ1) is 21.1. The molecule has 1 amide bonds. The molecule has 1 aromatic rings. The normalized spacial score (nSPS) is 24.1. The van der Waals surface area contributed by atoms with Crippen LogP contribution in [-0.2, 0) is 20.8 Å². The van der Waals surface area contributed by atoms with E-state index in [0.29, 0.717) is 18.9 Å². The van der Waals surface area contributed by atoms with Crippen LogP contribution in [0.15, 0.2) is 29.2 Å². The zero-order chi connectivity index (χ0) is 20.6. The Kier molecular flexibility index (Phi) is 5.78. The highest BCUT2D eigenvalue weighted by molar-refractivity contribution is 7.91. The number of sulfone groups is 1. The number of carbonyl (C=O) groups excluding carboxylic acids is 1. The third-order valence-corrected chi connectivity index (χ3v) is 7.54. The number of rotatable bonds is 7. The van der Waals surface area contributed by atoms with Crippen molar-refractivity contribution in [3.63, 3.8) is 0 Å². The maximum Gasteiger partial charge on any atom is 0.416 e. The molecule has 1 aromatic carbocycles. The molecule has 5 nitrogen and oxygen atoms in total. The summed E-state index contributed by atoms with van der Waals surface area (Å²) in [6, 6.07) is 3.92. The second-order valence-electron chi connectivity index (χ2n) is 8.18. The molecule has 0 radical (unpaired) electrons. The summed E-state index contributed by atoms with van der Waals surface area (Å²) in [5, 5.41) is 6.11. The van der Waals surface area contributed by atoms with Crippen LogP contribution in [0.5, 0.6) is 0 Å². The van der Waals surface area contributed by atoms with Crippen LogP contribution in [0.4, 0.5) is 13.2 Å².